The molecule has 0 fully saturated rings. The fraction of sp³-hybridized carbons (Fsp3) is 0.118. The summed E-state index contributed by atoms with van der Waals surface area (Å²) in [5.41, 5.74) is 0.828. The van der Waals surface area contributed by atoms with Crippen molar-refractivity contribution in [2.24, 2.45) is 7.05 Å². The van der Waals surface area contributed by atoms with E-state index in [2.05, 4.69) is 10.3 Å². The average molecular weight is 362 g/mol. The summed E-state index contributed by atoms with van der Waals surface area (Å²) in [7, 11) is 1.63. The Morgan fingerprint density at radius 2 is 1.92 bits per heavy atom. The Morgan fingerprint density at radius 1 is 1.17 bits per heavy atom. The lowest BCUT2D eigenvalue weighted by Gasteiger charge is -2.10. The number of para-hydroxylation sites is 1. The summed E-state index contributed by atoms with van der Waals surface area (Å²) in [6, 6.07) is 11.7. The van der Waals surface area contributed by atoms with E-state index in [1.165, 1.54) is 10.6 Å². The highest BCUT2D eigenvalue weighted by atomic mass is 35.5. The third-order valence-electron chi connectivity index (χ3n) is 3.66. The lowest BCUT2D eigenvalue weighted by atomic mass is 10.2. The maximum Gasteiger partial charge on any atom is 0.261 e. The molecule has 24 heavy (non-hydrogen) atoms. The summed E-state index contributed by atoms with van der Waals surface area (Å²) < 4.78 is 1.43. The molecule has 0 spiro atoms. The number of nitrogens with zero attached hydrogens (tertiary/aromatic N) is 2. The summed E-state index contributed by atoms with van der Waals surface area (Å²) in [6.07, 6.45) is 0. The van der Waals surface area contributed by atoms with Crippen molar-refractivity contribution in [1.82, 2.24) is 14.9 Å². The third kappa shape index (κ3) is 3.13. The lowest BCUT2D eigenvalue weighted by molar-refractivity contribution is 0.0949. The minimum Gasteiger partial charge on any atom is -0.345 e. The van der Waals surface area contributed by atoms with Gasteiger partial charge in [-0.25, -0.2) is 4.98 Å². The van der Waals surface area contributed by atoms with Crippen molar-refractivity contribution >= 4 is 40.0 Å². The first-order chi connectivity index (χ1) is 11.5. The molecule has 0 unspecified atom stereocenters. The summed E-state index contributed by atoms with van der Waals surface area (Å²) in [5.74, 6) is 0.142. The predicted molar refractivity (Wildman–Crippen MR) is 94.6 cm³/mol. The van der Waals surface area contributed by atoms with Crippen LogP contribution in [0.3, 0.4) is 0 Å². The largest absolute Gasteiger partial charge is 0.345 e. The van der Waals surface area contributed by atoms with E-state index in [1.807, 2.05) is 6.07 Å². The molecule has 1 heterocycles. The van der Waals surface area contributed by atoms with Crippen LogP contribution in [0, 0.1) is 0 Å². The fourth-order valence-electron chi connectivity index (χ4n) is 2.32. The number of rotatable bonds is 3. The third-order valence-corrected chi connectivity index (χ3v) is 4.40. The maximum atomic E-state index is 12.3. The molecule has 7 heteroatoms. The van der Waals surface area contributed by atoms with Crippen LogP contribution >= 0.6 is 23.2 Å². The first-order valence-electron chi connectivity index (χ1n) is 7.15. The summed E-state index contributed by atoms with van der Waals surface area (Å²) in [6.45, 7) is 0.121. The molecular formula is C17H13Cl2N3O2. The monoisotopic (exact) mass is 361 g/mol. The molecule has 0 aliphatic rings. The van der Waals surface area contributed by atoms with E-state index in [1.54, 1.807) is 37.4 Å². The van der Waals surface area contributed by atoms with Crippen LogP contribution in [-0.4, -0.2) is 15.5 Å². The molecule has 3 aromatic rings. The maximum absolute atomic E-state index is 12.3. The number of carbonyl (C=O) groups is 1. The first-order valence-corrected chi connectivity index (χ1v) is 7.91. The lowest BCUT2D eigenvalue weighted by Crippen LogP contribution is -2.29. The van der Waals surface area contributed by atoms with Gasteiger partial charge in [-0.2, -0.15) is 0 Å². The summed E-state index contributed by atoms with van der Waals surface area (Å²) in [4.78, 5) is 29.0. The molecule has 3 rings (SSSR count). The van der Waals surface area contributed by atoms with Crippen LogP contribution in [0.5, 0.6) is 0 Å². The molecule has 0 radical (unpaired) electrons. The normalized spacial score (nSPS) is 10.8. The van der Waals surface area contributed by atoms with Crippen molar-refractivity contribution in [3.8, 4) is 0 Å². The highest BCUT2D eigenvalue weighted by molar-refractivity contribution is 6.42. The van der Waals surface area contributed by atoms with Crippen molar-refractivity contribution in [3.05, 3.63) is 74.3 Å². The van der Waals surface area contributed by atoms with Gasteiger partial charge >= 0.3 is 0 Å². The molecule has 1 aromatic heterocycles. The van der Waals surface area contributed by atoms with Crippen LogP contribution in [0.1, 0.15) is 16.2 Å². The van der Waals surface area contributed by atoms with E-state index in [0.29, 0.717) is 32.3 Å². The van der Waals surface area contributed by atoms with Gasteiger partial charge in [0.15, 0.2) is 0 Å². The van der Waals surface area contributed by atoms with Gasteiger partial charge in [0.2, 0.25) is 0 Å². The van der Waals surface area contributed by atoms with E-state index >= 15 is 0 Å². The van der Waals surface area contributed by atoms with Gasteiger partial charge in [-0.05, 0) is 30.3 Å². The zero-order valence-electron chi connectivity index (χ0n) is 12.7. The van der Waals surface area contributed by atoms with Crippen molar-refractivity contribution in [2.75, 3.05) is 0 Å². The number of hydrogen-bond donors (Lipinski definition) is 1. The number of carbonyl (C=O) groups excluding carboxylic acids is 1. The van der Waals surface area contributed by atoms with Crippen LogP contribution in [0.25, 0.3) is 10.9 Å². The van der Waals surface area contributed by atoms with Gasteiger partial charge in [-0.3, -0.25) is 14.2 Å². The van der Waals surface area contributed by atoms with Crippen molar-refractivity contribution < 1.29 is 4.79 Å². The van der Waals surface area contributed by atoms with Gasteiger partial charge < -0.3 is 5.32 Å². The van der Waals surface area contributed by atoms with Crippen LogP contribution in [0.2, 0.25) is 10.0 Å². The van der Waals surface area contributed by atoms with Crippen LogP contribution in [0.4, 0.5) is 0 Å². The minimum absolute atomic E-state index is 0.121. The summed E-state index contributed by atoms with van der Waals surface area (Å²) >= 11 is 11.8. The van der Waals surface area contributed by atoms with Crippen molar-refractivity contribution in [1.29, 1.82) is 0 Å². The van der Waals surface area contributed by atoms with E-state index in [-0.39, 0.29) is 18.0 Å². The molecule has 0 saturated heterocycles. The molecule has 2 aromatic carbocycles. The molecule has 0 aliphatic heterocycles. The molecule has 0 aliphatic carbocycles. The zero-order valence-corrected chi connectivity index (χ0v) is 14.2. The van der Waals surface area contributed by atoms with Gasteiger partial charge in [0.05, 0.1) is 27.5 Å². The Bertz CT molecular complexity index is 999. The zero-order chi connectivity index (χ0) is 17.3. The average Bonchev–Trinajstić information content (AvgIpc) is 2.59. The molecule has 0 atom stereocenters. The van der Waals surface area contributed by atoms with Crippen LogP contribution in [-0.2, 0) is 13.6 Å². The predicted octanol–water partition coefficient (Wildman–Crippen LogP) is 3.17. The SMILES string of the molecule is Cn1c(CNC(=O)c2ccc(Cl)c(Cl)c2)nc2ccccc2c1=O. The standard InChI is InChI=1S/C17H13Cl2N3O2/c1-22-15(21-14-5-3-2-4-11(14)17(22)24)9-20-16(23)10-6-7-12(18)13(19)8-10/h2-8H,9H2,1H3,(H,20,23). The number of aromatic nitrogens is 2. The van der Waals surface area contributed by atoms with Crippen molar-refractivity contribution in [2.45, 2.75) is 6.54 Å². The molecule has 122 valence electrons. The fourth-order valence-corrected chi connectivity index (χ4v) is 2.62. The second-order valence-electron chi connectivity index (χ2n) is 5.22. The number of hydrogen-bond acceptors (Lipinski definition) is 3. The summed E-state index contributed by atoms with van der Waals surface area (Å²) in [5, 5.41) is 3.96. The number of benzene rings is 2. The number of nitrogens with one attached hydrogen (secondary N) is 1. The Labute approximate surface area is 147 Å². The number of halogens is 2. The Kier molecular flexibility index (Phi) is 4.55. The molecule has 5 nitrogen and oxygen atoms in total. The van der Waals surface area contributed by atoms with Crippen LogP contribution < -0.4 is 10.9 Å². The van der Waals surface area contributed by atoms with E-state index in [0.717, 1.165) is 0 Å². The highest BCUT2D eigenvalue weighted by Crippen LogP contribution is 2.22. The van der Waals surface area contributed by atoms with Crippen LogP contribution in [0.15, 0.2) is 47.3 Å². The van der Waals surface area contributed by atoms with Gasteiger partial charge in [0.25, 0.3) is 11.5 Å². The first kappa shape index (κ1) is 16.5. The van der Waals surface area contributed by atoms with Gasteiger partial charge in [-0.15, -0.1) is 0 Å². The Balaban J connectivity index is 1.85. The van der Waals surface area contributed by atoms with E-state index in [4.69, 9.17) is 23.2 Å². The van der Waals surface area contributed by atoms with Crippen molar-refractivity contribution in [3.63, 3.8) is 0 Å². The molecule has 1 N–H and O–H groups in total. The van der Waals surface area contributed by atoms with Gasteiger partial charge in [0, 0.05) is 12.6 Å². The second-order valence-corrected chi connectivity index (χ2v) is 6.04. The Morgan fingerprint density at radius 3 is 2.67 bits per heavy atom. The van der Waals surface area contributed by atoms with Gasteiger partial charge in [-0.1, -0.05) is 35.3 Å². The highest BCUT2D eigenvalue weighted by Gasteiger charge is 2.11. The topological polar surface area (TPSA) is 64.0 Å². The number of amides is 1. The van der Waals surface area contributed by atoms with E-state index < -0.39 is 0 Å². The molecule has 1 amide bonds. The molecule has 0 saturated carbocycles. The number of fused-ring (bicyclic) bond motifs is 1. The smallest absolute Gasteiger partial charge is 0.261 e. The van der Waals surface area contributed by atoms with Gasteiger partial charge in [0.1, 0.15) is 5.82 Å². The molecular weight excluding hydrogens is 349 g/mol. The molecule has 0 bridgehead atoms. The minimum atomic E-state index is -0.323. The van der Waals surface area contributed by atoms with E-state index in [9.17, 15) is 9.59 Å². The quantitative estimate of drug-likeness (QED) is 0.779. The Hall–Kier alpha value is -2.37. The second kappa shape index (κ2) is 6.63.